The Hall–Kier alpha value is -1.57. The van der Waals surface area contributed by atoms with Crippen LogP contribution in [-0.4, -0.2) is 73.3 Å². The molecule has 1 fully saturated rings. The molecular weight excluding hydrogens is 394 g/mol. The standard InChI is InChI=1S/C21H24ClN3O2S/c22-16-5-6-19-17(15-16)21(23-18-3-1-2-4-20(18)28-19)25-9-7-24(8-10-25)11-13-27-14-12-26/h1-6,15,26H,7-14H2. The Morgan fingerprint density at radius 2 is 1.86 bits per heavy atom. The molecule has 2 aromatic carbocycles. The monoisotopic (exact) mass is 417 g/mol. The zero-order valence-electron chi connectivity index (χ0n) is 15.7. The van der Waals surface area contributed by atoms with Crippen LogP contribution in [0.3, 0.4) is 0 Å². The molecule has 2 aromatic rings. The predicted octanol–water partition coefficient (Wildman–Crippen LogP) is 3.51. The zero-order valence-corrected chi connectivity index (χ0v) is 17.3. The van der Waals surface area contributed by atoms with Crippen LogP contribution in [0.1, 0.15) is 5.56 Å². The van der Waals surface area contributed by atoms with Crippen molar-refractivity contribution in [3.8, 4) is 0 Å². The average Bonchev–Trinajstić information content (AvgIpc) is 2.88. The quantitative estimate of drug-likeness (QED) is 0.754. The number of piperazine rings is 1. The van der Waals surface area contributed by atoms with E-state index in [9.17, 15) is 0 Å². The maximum Gasteiger partial charge on any atom is 0.137 e. The SMILES string of the molecule is OCCOCCN1CCN(C2=Nc3ccccc3Sc3ccc(Cl)cc32)CC1. The Balaban J connectivity index is 1.54. The summed E-state index contributed by atoms with van der Waals surface area (Å²) in [6, 6.07) is 14.4. The van der Waals surface area contributed by atoms with Gasteiger partial charge in [-0.25, -0.2) is 4.99 Å². The minimum absolute atomic E-state index is 0.0784. The fraction of sp³-hybridized carbons (Fsp3) is 0.381. The van der Waals surface area contributed by atoms with Crippen LogP contribution >= 0.6 is 23.4 Å². The van der Waals surface area contributed by atoms with E-state index in [1.165, 1.54) is 9.79 Å². The molecule has 0 atom stereocenters. The Labute approximate surface area is 175 Å². The minimum Gasteiger partial charge on any atom is -0.394 e. The number of hydrogen-bond acceptors (Lipinski definition) is 6. The summed E-state index contributed by atoms with van der Waals surface area (Å²) in [6.07, 6.45) is 0. The van der Waals surface area contributed by atoms with Crippen LogP contribution in [0.5, 0.6) is 0 Å². The minimum atomic E-state index is 0.0784. The molecule has 5 nitrogen and oxygen atoms in total. The molecule has 28 heavy (non-hydrogen) atoms. The Morgan fingerprint density at radius 1 is 1.04 bits per heavy atom. The summed E-state index contributed by atoms with van der Waals surface area (Å²) < 4.78 is 5.40. The van der Waals surface area contributed by atoms with Crippen molar-refractivity contribution in [1.29, 1.82) is 0 Å². The Bertz CT molecular complexity index is 853. The summed E-state index contributed by atoms with van der Waals surface area (Å²) in [6.45, 7) is 5.79. The van der Waals surface area contributed by atoms with E-state index >= 15 is 0 Å². The van der Waals surface area contributed by atoms with Crippen molar-refractivity contribution in [1.82, 2.24) is 9.80 Å². The van der Waals surface area contributed by atoms with Gasteiger partial charge in [0.15, 0.2) is 0 Å². The van der Waals surface area contributed by atoms with E-state index < -0.39 is 0 Å². The topological polar surface area (TPSA) is 48.3 Å². The third kappa shape index (κ3) is 4.53. The van der Waals surface area contributed by atoms with Crippen molar-refractivity contribution in [3.63, 3.8) is 0 Å². The fourth-order valence-electron chi connectivity index (χ4n) is 3.48. The van der Waals surface area contributed by atoms with E-state index in [0.717, 1.165) is 54.8 Å². The molecule has 1 saturated heterocycles. The zero-order chi connectivity index (χ0) is 19.3. The van der Waals surface area contributed by atoms with Gasteiger partial charge in [-0.05, 0) is 30.3 Å². The molecule has 7 heteroatoms. The van der Waals surface area contributed by atoms with Gasteiger partial charge in [-0.3, -0.25) is 4.90 Å². The van der Waals surface area contributed by atoms with Gasteiger partial charge < -0.3 is 14.7 Å². The number of nitrogens with zero attached hydrogens (tertiary/aromatic N) is 3. The van der Waals surface area contributed by atoms with Crippen molar-refractivity contribution < 1.29 is 9.84 Å². The van der Waals surface area contributed by atoms with E-state index in [-0.39, 0.29) is 6.61 Å². The summed E-state index contributed by atoms with van der Waals surface area (Å²) in [4.78, 5) is 12.2. The van der Waals surface area contributed by atoms with Gasteiger partial charge in [0.25, 0.3) is 0 Å². The number of aliphatic imine (C=N–C) groups is 1. The highest BCUT2D eigenvalue weighted by atomic mass is 35.5. The second kappa shape index (κ2) is 9.29. The van der Waals surface area contributed by atoms with Crippen LogP contribution in [0.25, 0.3) is 0 Å². The molecule has 2 heterocycles. The van der Waals surface area contributed by atoms with Crippen molar-refractivity contribution in [2.75, 3.05) is 52.5 Å². The van der Waals surface area contributed by atoms with E-state index in [2.05, 4.69) is 34.1 Å². The van der Waals surface area contributed by atoms with E-state index in [1.54, 1.807) is 11.8 Å². The van der Waals surface area contributed by atoms with E-state index in [1.807, 2.05) is 18.2 Å². The Morgan fingerprint density at radius 3 is 2.68 bits per heavy atom. The van der Waals surface area contributed by atoms with Crippen LogP contribution < -0.4 is 0 Å². The normalized spacial score (nSPS) is 16.9. The number of hydrogen-bond donors (Lipinski definition) is 1. The average molecular weight is 418 g/mol. The summed E-state index contributed by atoms with van der Waals surface area (Å²) in [5.41, 5.74) is 2.11. The molecule has 0 amide bonds. The molecule has 0 saturated carbocycles. The maximum atomic E-state index is 8.80. The predicted molar refractivity (Wildman–Crippen MR) is 114 cm³/mol. The number of aliphatic hydroxyl groups excluding tert-OH is 1. The molecule has 148 valence electrons. The molecule has 0 aliphatic carbocycles. The van der Waals surface area contributed by atoms with Gasteiger partial charge in [-0.2, -0.15) is 0 Å². The first kappa shape index (κ1) is 19.7. The summed E-state index contributed by atoms with van der Waals surface area (Å²) in [5, 5.41) is 9.54. The van der Waals surface area contributed by atoms with Gasteiger partial charge in [0.2, 0.25) is 0 Å². The van der Waals surface area contributed by atoms with Gasteiger partial charge in [-0.1, -0.05) is 35.5 Å². The maximum absolute atomic E-state index is 8.80. The molecule has 0 bridgehead atoms. The van der Waals surface area contributed by atoms with Crippen molar-refractivity contribution in [2.45, 2.75) is 9.79 Å². The highest BCUT2D eigenvalue weighted by Gasteiger charge is 2.25. The summed E-state index contributed by atoms with van der Waals surface area (Å²) >= 11 is 8.08. The van der Waals surface area contributed by atoms with Crippen molar-refractivity contribution >= 4 is 34.9 Å². The molecule has 0 radical (unpaired) electrons. The highest BCUT2D eigenvalue weighted by molar-refractivity contribution is 7.99. The second-order valence-electron chi connectivity index (χ2n) is 6.81. The first-order valence-electron chi connectivity index (χ1n) is 9.56. The number of benzene rings is 2. The smallest absolute Gasteiger partial charge is 0.137 e. The van der Waals surface area contributed by atoms with Gasteiger partial charge in [0, 0.05) is 53.1 Å². The first-order chi connectivity index (χ1) is 13.7. The van der Waals surface area contributed by atoms with Crippen LogP contribution in [0.4, 0.5) is 5.69 Å². The molecule has 2 aliphatic rings. The second-order valence-corrected chi connectivity index (χ2v) is 8.33. The molecule has 0 unspecified atom stereocenters. The number of para-hydroxylation sites is 1. The molecular formula is C21H24ClN3O2S. The molecule has 1 N–H and O–H groups in total. The van der Waals surface area contributed by atoms with Crippen LogP contribution in [-0.2, 0) is 4.74 Å². The van der Waals surface area contributed by atoms with Crippen LogP contribution in [0.2, 0.25) is 5.02 Å². The summed E-state index contributed by atoms with van der Waals surface area (Å²) in [5.74, 6) is 1.01. The highest BCUT2D eigenvalue weighted by Crippen LogP contribution is 2.41. The van der Waals surface area contributed by atoms with Gasteiger partial charge >= 0.3 is 0 Å². The number of fused-ring (bicyclic) bond motifs is 2. The van der Waals surface area contributed by atoms with Gasteiger partial charge in [0.1, 0.15) is 5.84 Å². The van der Waals surface area contributed by atoms with Crippen LogP contribution in [0, 0.1) is 0 Å². The number of aliphatic hydroxyl groups is 1. The van der Waals surface area contributed by atoms with E-state index in [4.69, 9.17) is 26.4 Å². The van der Waals surface area contributed by atoms with Crippen molar-refractivity contribution in [3.05, 3.63) is 53.1 Å². The number of rotatable bonds is 5. The molecule has 2 aliphatic heterocycles. The molecule has 4 rings (SSSR count). The largest absolute Gasteiger partial charge is 0.394 e. The Kier molecular flexibility index (Phi) is 6.54. The number of ether oxygens (including phenoxy) is 1. The lowest BCUT2D eigenvalue weighted by atomic mass is 10.1. The number of amidine groups is 1. The lowest BCUT2D eigenvalue weighted by Gasteiger charge is -2.36. The first-order valence-corrected chi connectivity index (χ1v) is 10.8. The lowest BCUT2D eigenvalue weighted by molar-refractivity contribution is 0.0652. The molecule has 0 aromatic heterocycles. The molecule has 0 spiro atoms. The summed E-state index contributed by atoms with van der Waals surface area (Å²) in [7, 11) is 0. The lowest BCUT2D eigenvalue weighted by Crippen LogP contribution is -2.49. The van der Waals surface area contributed by atoms with Crippen molar-refractivity contribution in [2.24, 2.45) is 4.99 Å². The third-order valence-corrected chi connectivity index (χ3v) is 6.33. The fourth-order valence-corrected chi connectivity index (χ4v) is 4.65. The third-order valence-electron chi connectivity index (χ3n) is 4.95. The van der Waals surface area contributed by atoms with E-state index in [0.29, 0.717) is 13.2 Å². The van der Waals surface area contributed by atoms with Gasteiger partial charge in [0.05, 0.1) is 25.5 Å². The van der Waals surface area contributed by atoms with Crippen LogP contribution in [0.15, 0.2) is 57.2 Å². The number of halogens is 1. The van der Waals surface area contributed by atoms with Gasteiger partial charge in [-0.15, -0.1) is 0 Å².